The molecule has 0 bridgehead atoms. The molecule has 1 aromatic carbocycles. The number of carbonyl (C=O) groups is 1. The number of hydrogen-bond acceptors (Lipinski definition) is 3. The SMILES string of the molecule is CCOC(=O)CC1CC(C)Nc2ccc(F)cc21. The van der Waals surface area contributed by atoms with Crippen LogP contribution in [0.5, 0.6) is 0 Å². The van der Waals surface area contributed by atoms with Crippen LogP contribution in [0.3, 0.4) is 0 Å². The first-order valence-corrected chi connectivity index (χ1v) is 6.31. The van der Waals surface area contributed by atoms with Crippen LogP contribution < -0.4 is 5.32 Å². The van der Waals surface area contributed by atoms with Gasteiger partial charge in [-0.3, -0.25) is 4.79 Å². The zero-order chi connectivity index (χ0) is 13.1. The fraction of sp³-hybridized carbons (Fsp3) is 0.500. The summed E-state index contributed by atoms with van der Waals surface area (Å²) in [4.78, 5) is 11.6. The number of anilines is 1. The van der Waals surface area contributed by atoms with Crippen LogP contribution in [0.15, 0.2) is 18.2 Å². The maximum atomic E-state index is 13.3. The number of nitrogens with one attached hydrogen (secondary N) is 1. The lowest BCUT2D eigenvalue weighted by Gasteiger charge is -2.30. The molecule has 0 saturated heterocycles. The Bertz CT molecular complexity index is 447. The Kier molecular flexibility index (Phi) is 3.84. The van der Waals surface area contributed by atoms with Crippen molar-refractivity contribution in [2.24, 2.45) is 0 Å². The van der Waals surface area contributed by atoms with E-state index in [0.717, 1.165) is 17.7 Å². The van der Waals surface area contributed by atoms with Crippen LogP contribution in [-0.4, -0.2) is 18.6 Å². The molecule has 1 N–H and O–H groups in total. The van der Waals surface area contributed by atoms with Crippen molar-refractivity contribution < 1.29 is 13.9 Å². The van der Waals surface area contributed by atoms with Gasteiger partial charge in [0.25, 0.3) is 0 Å². The number of fused-ring (bicyclic) bond motifs is 1. The molecule has 2 rings (SSSR count). The first-order valence-electron chi connectivity index (χ1n) is 6.31. The van der Waals surface area contributed by atoms with Crippen LogP contribution in [-0.2, 0) is 9.53 Å². The lowest BCUT2D eigenvalue weighted by atomic mass is 9.85. The van der Waals surface area contributed by atoms with E-state index >= 15 is 0 Å². The van der Waals surface area contributed by atoms with Crippen molar-refractivity contribution >= 4 is 11.7 Å². The normalized spacial score (nSPS) is 21.9. The molecule has 1 heterocycles. The van der Waals surface area contributed by atoms with Crippen LogP contribution in [0.4, 0.5) is 10.1 Å². The zero-order valence-corrected chi connectivity index (χ0v) is 10.7. The number of esters is 1. The highest BCUT2D eigenvalue weighted by molar-refractivity contribution is 5.71. The molecule has 0 aliphatic carbocycles. The Hall–Kier alpha value is -1.58. The van der Waals surface area contributed by atoms with Crippen molar-refractivity contribution in [1.29, 1.82) is 0 Å². The summed E-state index contributed by atoms with van der Waals surface area (Å²) < 4.78 is 18.3. The van der Waals surface area contributed by atoms with Crippen LogP contribution >= 0.6 is 0 Å². The van der Waals surface area contributed by atoms with Gasteiger partial charge in [0, 0.05) is 11.7 Å². The van der Waals surface area contributed by atoms with Gasteiger partial charge in [-0.2, -0.15) is 0 Å². The summed E-state index contributed by atoms with van der Waals surface area (Å²) in [7, 11) is 0. The highest BCUT2D eigenvalue weighted by Crippen LogP contribution is 2.36. The summed E-state index contributed by atoms with van der Waals surface area (Å²) in [6, 6.07) is 4.96. The largest absolute Gasteiger partial charge is 0.466 e. The first kappa shape index (κ1) is 12.9. The molecule has 0 radical (unpaired) electrons. The molecule has 1 aliphatic rings. The average Bonchev–Trinajstić information content (AvgIpc) is 2.30. The third kappa shape index (κ3) is 2.81. The molecule has 18 heavy (non-hydrogen) atoms. The topological polar surface area (TPSA) is 38.3 Å². The van der Waals surface area contributed by atoms with E-state index in [4.69, 9.17) is 4.74 Å². The van der Waals surface area contributed by atoms with E-state index in [9.17, 15) is 9.18 Å². The first-order chi connectivity index (χ1) is 8.60. The highest BCUT2D eigenvalue weighted by Gasteiger charge is 2.26. The maximum Gasteiger partial charge on any atom is 0.306 e. The van der Waals surface area contributed by atoms with E-state index < -0.39 is 0 Å². The van der Waals surface area contributed by atoms with E-state index in [0.29, 0.717) is 13.0 Å². The predicted molar refractivity (Wildman–Crippen MR) is 68.1 cm³/mol. The van der Waals surface area contributed by atoms with Gasteiger partial charge >= 0.3 is 5.97 Å². The Morgan fingerprint density at radius 2 is 2.33 bits per heavy atom. The molecule has 2 unspecified atom stereocenters. The lowest BCUT2D eigenvalue weighted by molar-refractivity contribution is -0.143. The standard InChI is InChI=1S/C14H18FNO2/c1-3-18-14(17)7-10-6-9(2)16-13-5-4-11(15)8-12(10)13/h4-5,8-10,16H,3,6-7H2,1-2H3. The Morgan fingerprint density at radius 3 is 3.06 bits per heavy atom. The van der Waals surface area contributed by atoms with Crippen molar-refractivity contribution in [2.45, 2.75) is 38.6 Å². The molecule has 0 aromatic heterocycles. The van der Waals surface area contributed by atoms with Crippen molar-refractivity contribution in [3.63, 3.8) is 0 Å². The third-order valence-corrected chi connectivity index (χ3v) is 3.21. The average molecular weight is 251 g/mol. The fourth-order valence-corrected chi connectivity index (χ4v) is 2.50. The monoisotopic (exact) mass is 251 g/mol. The summed E-state index contributed by atoms with van der Waals surface area (Å²) in [6.45, 7) is 4.23. The molecule has 0 fully saturated rings. The number of ether oxygens (including phenoxy) is 1. The van der Waals surface area contributed by atoms with Gasteiger partial charge < -0.3 is 10.1 Å². The Labute approximate surface area is 106 Å². The molecule has 0 spiro atoms. The van der Waals surface area contributed by atoms with Gasteiger partial charge in [0.05, 0.1) is 13.0 Å². The van der Waals surface area contributed by atoms with Crippen molar-refractivity contribution in [3.8, 4) is 0 Å². The smallest absolute Gasteiger partial charge is 0.306 e. The van der Waals surface area contributed by atoms with Crippen LogP contribution in [0.2, 0.25) is 0 Å². The van der Waals surface area contributed by atoms with E-state index in [1.165, 1.54) is 12.1 Å². The molecule has 1 aliphatic heterocycles. The minimum Gasteiger partial charge on any atom is -0.466 e. The summed E-state index contributed by atoms with van der Waals surface area (Å²) in [5.41, 5.74) is 1.80. The summed E-state index contributed by atoms with van der Waals surface area (Å²) in [5.74, 6) is -0.447. The summed E-state index contributed by atoms with van der Waals surface area (Å²) in [5, 5.41) is 3.30. The second kappa shape index (κ2) is 5.38. The van der Waals surface area contributed by atoms with E-state index in [1.54, 1.807) is 13.0 Å². The van der Waals surface area contributed by atoms with Gasteiger partial charge in [-0.25, -0.2) is 4.39 Å². The second-order valence-corrected chi connectivity index (χ2v) is 4.72. The van der Waals surface area contributed by atoms with Crippen molar-refractivity contribution in [1.82, 2.24) is 0 Å². The molecular weight excluding hydrogens is 233 g/mol. The quantitative estimate of drug-likeness (QED) is 0.839. The molecule has 3 nitrogen and oxygen atoms in total. The van der Waals surface area contributed by atoms with E-state index in [1.807, 2.05) is 0 Å². The molecule has 1 aromatic rings. The van der Waals surface area contributed by atoms with Crippen LogP contribution in [0, 0.1) is 5.82 Å². The molecule has 0 amide bonds. The lowest BCUT2D eigenvalue weighted by Crippen LogP contribution is -2.27. The second-order valence-electron chi connectivity index (χ2n) is 4.72. The Balaban J connectivity index is 2.21. The maximum absolute atomic E-state index is 13.3. The van der Waals surface area contributed by atoms with Gasteiger partial charge in [-0.1, -0.05) is 0 Å². The van der Waals surface area contributed by atoms with Gasteiger partial charge in [0.15, 0.2) is 0 Å². The van der Waals surface area contributed by atoms with Gasteiger partial charge in [0.1, 0.15) is 5.82 Å². The molecule has 2 atom stereocenters. The number of halogens is 1. The fourth-order valence-electron chi connectivity index (χ4n) is 2.50. The van der Waals surface area contributed by atoms with Crippen molar-refractivity contribution in [2.75, 3.05) is 11.9 Å². The van der Waals surface area contributed by atoms with Gasteiger partial charge in [0.2, 0.25) is 0 Å². The minimum absolute atomic E-state index is 0.0333. The van der Waals surface area contributed by atoms with Gasteiger partial charge in [-0.05, 0) is 49.9 Å². The van der Waals surface area contributed by atoms with E-state index in [2.05, 4.69) is 12.2 Å². The number of rotatable bonds is 3. The van der Waals surface area contributed by atoms with Crippen LogP contribution in [0.25, 0.3) is 0 Å². The highest BCUT2D eigenvalue weighted by atomic mass is 19.1. The number of carbonyl (C=O) groups excluding carboxylic acids is 1. The summed E-state index contributed by atoms with van der Waals surface area (Å²) >= 11 is 0. The Morgan fingerprint density at radius 1 is 1.56 bits per heavy atom. The predicted octanol–water partition coefficient (Wildman–Crippen LogP) is 3.07. The van der Waals surface area contributed by atoms with Crippen LogP contribution in [0.1, 0.15) is 38.2 Å². The van der Waals surface area contributed by atoms with Crippen molar-refractivity contribution in [3.05, 3.63) is 29.6 Å². The zero-order valence-electron chi connectivity index (χ0n) is 10.7. The molecule has 98 valence electrons. The van der Waals surface area contributed by atoms with E-state index in [-0.39, 0.29) is 23.7 Å². The third-order valence-electron chi connectivity index (χ3n) is 3.21. The minimum atomic E-state index is -0.265. The molecule has 0 saturated carbocycles. The molecular formula is C14H18FNO2. The number of hydrogen-bond donors (Lipinski definition) is 1. The van der Waals surface area contributed by atoms with Gasteiger partial charge in [-0.15, -0.1) is 0 Å². The molecule has 4 heteroatoms. The summed E-state index contributed by atoms with van der Waals surface area (Å²) in [6.07, 6.45) is 1.13. The number of benzene rings is 1.